The average molecular weight is 277 g/mol. The summed E-state index contributed by atoms with van der Waals surface area (Å²) >= 11 is 0. The molecule has 4 nitrogen and oxygen atoms in total. The van der Waals surface area contributed by atoms with E-state index in [0.717, 1.165) is 45.4 Å². The van der Waals surface area contributed by atoms with Gasteiger partial charge in [-0.3, -0.25) is 0 Å². The number of hydrogen-bond donors (Lipinski definition) is 1. The van der Waals surface area contributed by atoms with E-state index in [1.165, 1.54) is 0 Å². The predicted molar refractivity (Wildman–Crippen MR) is 74.6 cm³/mol. The van der Waals surface area contributed by atoms with E-state index in [0.29, 0.717) is 17.7 Å². The zero-order valence-electron chi connectivity index (χ0n) is 11.7. The predicted octanol–water partition coefficient (Wildman–Crippen LogP) is 1.61. The fraction of sp³-hybridized carbons (Fsp3) is 1.00. The first-order valence-corrected chi connectivity index (χ1v) is 8.92. The van der Waals surface area contributed by atoms with E-state index < -0.39 is 9.84 Å². The van der Waals surface area contributed by atoms with E-state index in [-0.39, 0.29) is 5.75 Å². The second-order valence-electron chi connectivity index (χ2n) is 5.06. The highest BCUT2D eigenvalue weighted by Gasteiger charge is 2.25. The lowest BCUT2D eigenvalue weighted by Gasteiger charge is -2.23. The summed E-state index contributed by atoms with van der Waals surface area (Å²) in [5.74, 6) is 1.13. The molecular formula is C13H27NO3S. The van der Waals surface area contributed by atoms with E-state index >= 15 is 0 Å². The monoisotopic (exact) mass is 277 g/mol. The van der Waals surface area contributed by atoms with Gasteiger partial charge in [-0.25, -0.2) is 8.42 Å². The van der Waals surface area contributed by atoms with Crippen molar-refractivity contribution in [2.75, 3.05) is 31.3 Å². The van der Waals surface area contributed by atoms with Gasteiger partial charge >= 0.3 is 0 Å². The summed E-state index contributed by atoms with van der Waals surface area (Å²) in [4.78, 5) is 0. The zero-order valence-corrected chi connectivity index (χ0v) is 12.5. The van der Waals surface area contributed by atoms with Gasteiger partial charge in [0, 0.05) is 18.4 Å². The summed E-state index contributed by atoms with van der Waals surface area (Å²) in [6.07, 6.45) is 3.90. The van der Waals surface area contributed by atoms with Gasteiger partial charge < -0.3 is 10.1 Å². The summed E-state index contributed by atoms with van der Waals surface area (Å²) in [6, 6.07) is 0.416. The lowest BCUT2D eigenvalue weighted by molar-refractivity contribution is 0.175. The Hall–Kier alpha value is -0.130. The zero-order chi connectivity index (χ0) is 13.4. The van der Waals surface area contributed by atoms with Crippen molar-refractivity contribution in [3.8, 4) is 0 Å². The second kappa shape index (κ2) is 8.12. The van der Waals surface area contributed by atoms with Crippen LogP contribution in [0.1, 0.15) is 39.5 Å². The fourth-order valence-corrected chi connectivity index (χ4v) is 3.27. The van der Waals surface area contributed by atoms with Crippen LogP contribution in [0, 0.1) is 5.92 Å². The Morgan fingerprint density at radius 3 is 2.72 bits per heavy atom. The molecule has 1 heterocycles. The van der Waals surface area contributed by atoms with Crippen LogP contribution in [-0.4, -0.2) is 45.7 Å². The molecule has 1 rings (SSSR count). The number of rotatable bonds is 9. The van der Waals surface area contributed by atoms with Crippen LogP contribution in [0.15, 0.2) is 0 Å². The molecule has 1 aliphatic rings. The van der Waals surface area contributed by atoms with Gasteiger partial charge in [-0.05, 0) is 38.1 Å². The quantitative estimate of drug-likeness (QED) is 0.695. The maximum Gasteiger partial charge on any atom is 0.150 e. The van der Waals surface area contributed by atoms with Crippen LogP contribution in [0.4, 0.5) is 0 Å². The molecule has 0 radical (unpaired) electrons. The molecule has 1 N–H and O–H groups in total. The van der Waals surface area contributed by atoms with Crippen LogP contribution in [-0.2, 0) is 14.6 Å². The van der Waals surface area contributed by atoms with E-state index in [1.54, 1.807) is 6.92 Å². The maximum atomic E-state index is 11.5. The number of nitrogens with one attached hydrogen (secondary N) is 1. The van der Waals surface area contributed by atoms with Crippen molar-refractivity contribution in [2.45, 2.75) is 45.6 Å². The molecular weight excluding hydrogens is 250 g/mol. The smallest absolute Gasteiger partial charge is 0.150 e. The van der Waals surface area contributed by atoms with Crippen molar-refractivity contribution < 1.29 is 13.2 Å². The summed E-state index contributed by atoms with van der Waals surface area (Å²) in [5, 5.41) is 3.54. The van der Waals surface area contributed by atoms with Crippen molar-refractivity contribution in [1.29, 1.82) is 0 Å². The summed E-state index contributed by atoms with van der Waals surface area (Å²) in [7, 11) is -2.82. The molecule has 1 aliphatic heterocycles. The van der Waals surface area contributed by atoms with Gasteiger partial charge in [0.15, 0.2) is 0 Å². The normalized spacial score (nSPS) is 22.2. The number of hydrogen-bond acceptors (Lipinski definition) is 4. The summed E-state index contributed by atoms with van der Waals surface area (Å²) in [6.45, 7) is 6.54. The third-order valence-corrected chi connectivity index (χ3v) is 5.39. The van der Waals surface area contributed by atoms with Gasteiger partial charge in [-0.2, -0.15) is 0 Å². The molecule has 2 unspecified atom stereocenters. The first-order valence-electron chi connectivity index (χ1n) is 7.10. The lowest BCUT2D eigenvalue weighted by Crippen LogP contribution is -2.37. The number of sulfone groups is 1. The molecule has 0 aliphatic carbocycles. The summed E-state index contributed by atoms with van der Waals surface area (Å²) < 4.78 is 28.4. The highest BCUT2D eigenvalue weighted by atomic mass is 32.2. The van der Waals surface area contributed by atoms with Crippen LogP contribution < -0.4 is 5.32 Å². The second-order valence-corrected chi connectivity index (χ2v) is 7.54. The molecule has 0 aromatic rings. The molecule has 0 aromatic carbocycles. The van der Waals surface area contributed by atoms with Crippen LogP contribution in [0.3, 0.4) is 0 Å². The first-order chi connectivity index (χ1) is 8.59. The minimum absolute atomic E-state index is 0.257. The SMILES string of the molecule is CCCNC(CCCS(=O)(=O)CC)C1CCOC1. The van der Waals surface area contributed by atoms with Crippen molar-refractivity contribution >= 4 is 9.84 Å². The van der Waals surface area contributed by atoms with Crippen molar-refractivity contribution in [3.05, 3.63) is 0 Å². The van der Waals surface area contributed by atoms with Crippen LogP contribution in [0.2, 0.25) is 0 Å². The van der Waals surface area contributed by atoms with Gasteiger partial charge in [0.1, 0.15) is 9.84 Å². The Morgan fingerprint density at radius 2 is 2.17 bits per heavy atom. The standard InChI is InChI=1S/C13H27NO3S/c1-3-8-14-13(12-7-9-17-11-12)6-5-10-18(15,16)4-2/h12-14H,3-11H2,1-2H3. The molecule has 0 bridgehead atoms. The first kappa shape index (κ1) is 15.9. The van der Waals surface area contributed by atoms with Crippen LogP contribution in [0.25, 0.3) is 0 Å². The third kappa shape index (κ3) is 5.67. The van der Waals surface area contributed by atoms with Crippen LogP contribution in [0.5, 0.6) is 0 Å². The van der Waals surface area contributed by atoms with Gasteiger partial charge in [-0.15, -0.1) is 0 Å². The Morgan fingerprint density at radius 1 is 1.39 bits per heavy atom. The highest BCUT2D eigenvalue weighted by molar-refractivity contribution is 7.91. The fourth-order valence-electron chi connectivity index (χ4n) is 2.37. The largest absolute Gasteiger partial charge is 0.381 e. The maximum absolute atomic E-state index is 11.5. The Kier molecular flexibility index (Phi) is 7.19. The van der Waals surface area contributed by atoms with E-state index in [1.807, 2.05) is 0 Å². The molecule has 108 valence electrons. The van der Waals surface area contributed by atoms with Crippen molar-refractivity contribution in [2.24, 2.45) is 5.92 Å². The summed E-state index contributed by atoms with van der Waals surface area (Å²) in [5.41, 5.74) is 0. The highest BCUT2D eigenvalue weighted by Crippen LogP contribution is 2.20. The average Bonchev–Trinajstić information content (AvgIpc) is 2.87. The number of ether oxygens (including phenoxy) is 1. The lowest BCUT2D eigenvalue weighted by atomic mass is 9.95. The Bertz CT molecular complexity index is 310. The molecule has 0 aromatic heterocycles. The van der Waals surface area contributed by atoms with Gasteiger partial charge in [0.25, 0.3) is 0 Å². The molecule has 1 saturated heterocycles. The van der Waals surface area contributed by atoms with E-state index in [4.69, 9.17) is 4.74 Å². The Labute approximate surface area is 111 Å². The molecule has 0 spiro atoms. The molecule has 0 amide bonds. The Balaban J connectivity index is 2.36. The molecule has 5 heteroatoms. The van der Waals surface area contributed by atoms with Crippen LogP contribution >= 0.6 is 0 Å². The van der Waals surface area contributed by atoms with Gasteiger partial charge in [0.05, 0.1) is 12.4 Å². The third-order valence-electron chi connectivity index (χ3n) is 3.60. The topological polar surface area (TPSA) is 55.4 Å². The molecule has 18 heavy (non-hydrogen) atoms. The van der Waals surface area contributed by atoms with Gasteiger partial charge in [0.2, 0.25) is 0 Å². The van der Waals surface area contributed by atoms with E-state index in [2.05, 4.69) is 12.2 Å². The molecule has 0 saturated carbocycles. The molecule has 1 fully saturated rings. The van der Waals surface area contributed by atoms with Crippen molar-refractivity contribution in [1.82, 2.24) is 5.32 Å². The van der Waals surface area contributed by atoms with E-state index in [9.17, 15) is 8.42 Å². The molecule has 2 atom stereocenters. The minimum Gasteiger partial charge on any atom is -0.381 e. The van der Waals surface area contributed by atoms with Crippen molar-refractivity contribution in [3.63, 3.8) is 0 Å². The van der Waals surface area contributed by atoms with Gasteiger partial charge in [-0.1, -0.05) is 13.8 Å². The minimum atomic E-state index is -2.82.